The fraction of sp³-hybridized carbons (Fsp3) is 0.400. The van der Waals surface area contributed by atoms with Crippen LogP contribution in [0.25, 0.3) is 0 Å². The minimum absolute atomic E-state index is 0.128. The standard InChI is InChI=1S/C10H14N2O3/c1-12-5-4-7(6-12)10(15)8(11)2-3-9(13)14/h4-6,8H,2-3,11H2,1H3,(H,13,14)/t8-/m1/s1. The fourth-order valence-electron chi connectivity index (χ4n) is 1.31. The van der Waals surface area contributed by atoms with Gasteiger partial charge in [0, 0.05) is 37.4 Å². The van der Waals surface area contributed by atoms with Crippen molar-refractivity contribution in [2.45, 2.75) is 18.9 Å². The molecule has 15 heavy (non-hydrogen) atoms. The number of ketones is 1. The van der Waals surface area contributed by atoms with Gasteiger partial charge >= 0.3 is 0 Å². The van der Waals surface area contributed by atoms with E-state index in [2.05, 4.69) is 5.73 Å². The first-order chi connectivity index (χ1) is 7.00. The van der Waals surface area contributed by atoms with Crippen LogP contribution in [0.2, 0.25) is 0 Å². The van der Waals surface area contributed by atoms with Gasteiger partial charge < -0.3 is 20.2 Å². The molecular formula is C10H14N2O3. The second-order valence-corrected chi connectivity index (χ2v) is 3.54. The van der Waals surface area contributed by atoms with Crippen LogP contribution >= 0.6 is 0 Å². The number of hydrogen-bond donors (Lipinski definition) is 1. The molecule has 1 aromatic rings. The SMILES string of the molecule is Cn1ccc(C(=O)[C@H]([NH3+])CCC(=O)[O-])c1. The summed E-state index contributed by atoms with van der Waals surface area (Å²) in [6, 6.07) is 1.17. The number of carboxylic acid groups (broad SMARTS) is 1. The first-order valence-electron chi connectivity index (χ1n) is 4.70. The Balaban J connectivity index is 2.57. The number of aryl methyl sites for hydroxylation is 1. The number of hydrogen-bond acceptors (Lipinski definition) is 3. The zero-order valence-electron chi connectivity index (χ0n) is 8.60. The molecule has 0 fully saturated rings. The largest absolute Gasteiger partial charge is 0.550 e. The number of aliphatic carboxylic acids is 1. The van der Waals surface area contributed by atoms with E-state index in [4.69, 9.17) is 0 Å². The summed E-state index contributed by atoms with van der Waals surface area (Å²) < 4.78 is 1.76. The summed E-state index contributed by atoms with van der Waals surface area (Å²) in [5.41, 5.74) is 4.21. The number of Topliss-reactive ketones (excluding diaryl/α,β-unsaturated/α-hetero) is 1. The summed E-state index contributed by atoms with van der Waals surface area (Å²) in [7, 11) is 1.82. The van der Waals surface area contributed by atoms with E-state index < -0.39 is 12.0 Å². The molecule has 1 aromatic heterocycles. The molecule has 0 spiro atoms. The minimum Gasteiger partial charge on any atom is -0.550 e. The van der Waals surface area contributed by atoms with E-state index in [1.807, 2.05) is 7.05 Å². The van der Waals surface area contributed by atoms with Crippen LogP contribution in [-0.2, 0) is 11.8 Å². The Morgan fingerprint density at radius 3 is 2.73 bits per heavy atom. The zero-order valence-corrected chi connectivity index (χ0v) is 8.60. The first kappa shape index (κ1) is 11.5. The molecule has 5 nitrogen and oxygen atoms in total. The Hall–Kier alpha value is -1.62. The van der Waals surface area contributed by atoms with Crippen molar-refractivity contribution in [3.05, 3.63) is 24.0 Å². The highest BCUT2D eigenvalue weighted by Gasteiger charge is 2.19. The number of carbonyl (C=O) groups is 2. The molecule has 0 aromatic carbocycles. The molecule has 0 amide bonds. The summed E-state index contributed by atoms with van der Waals surface area (Å²) in [5.74, 6) is -1.28. The van der Waals surface area contributed by atoms with Gasteiger partial charge in [0.05, 0.1) is 0 Å². The van der Waals surface area contributed by atoms with Gasteiger partial charge in [0.1, 0.15) is 6.04 Å². The van der Waals surface area contributed by atoms with Crippen LogP contribution in [0.5, 0.6) is 0 Å². The molecule has 0 aliphatic rings. The Bertz CT molecular complexity index is 370. The monoisotopic (exact) mass is 210 g/mol. The van der Waals surface area contributed by atoms with Crippen LogP contribution in [0, 0.1) is 0 Å². The molecule has 0 saturated carbocycles. The van der Waals surface area contributed by atoms with Gasteiger partial charge in [-0.25, -0.2) is 0 Å². The van der Waals surface area contributed by atoms with Gasteiger partial charge in [0.15, 0.2) is 0 Å². The lowest BCUT2D eigenvalue weighted by atomic mass is 10.0. The molecule has 0 radical (unpaired) electrons. The average Bonchev–Trinajstić information content (AvgIpc) is 2.60. The smallest absolute Gasteiger partial charge is 0.221 e. The quantitative estimate of drug-likeness (QED) is 0.590. The van der Waals surface area contributed by atoms with Crippen molar-refractivity contribution >= 4 is 11.8 Å². The van der Waals surface area contributed by atoms with Crippen molar-refractivity contribution in [1.82, 2.24) is 4.57 Å². The number of nitrogens with zero attached hydrogens (tertiary/aromatic N) is 1. The van der Waals surface area contributed by atoms with E-state index in [0.29, 0.717) is 5.56 Å². The van der Waals surface area contributed by atoms with Crippen molar-refractivity contribution < 1.29 is 20.4 Å². The van der Waals surface area contributed by atoms with Gasteiger partial charge in [-0.2, -0.15) is 0 Å². The highest BCUT2D eigenvalue weighted by Crippen LogP contribution is 2.05. The van der Waals surface area contributed by atoms with E-state index in [1.165, 1.54) is 0 Å². The van der Waals surface area contributed by atoms with Crippen molar-refractivity contribution in [2.75, 3.05) is 0 Å². The van der Waals surface area contributed by atoms with Crippen LogP contribution in [0.1, 0.15) is 23.2 Å². The summed E-state index contributed by atoms with van der Waals surface area (Å²) in [6.45, 7) is 0. The molecule has 0 saturated heterocycles. The topological polar surface area (TPSA) is 89.8 Å². The Morgan fingerprint density at radius 1 is 1.60 bits per heavy atom. The average molecular weight is 210 g/mol. The molecule has 3 N–H and O–H groups in total. The van der Waals surface area contributed by atoms with Crippen LogP contribution in [0.4, 0.5) is 0 Å². The molecule has 82 valence electrons. The van der Waals surface area contributed by atoms with Crippen molar-refractivity contribution in [3.63, 3.8) is 0 Å². The van der Waals surface area contributed by atoms with E-state index >= 15 is 0 Å². The van der Waals surface area contributed by atoms with Gasteiger partial charge in [0.25, 0.3) is 0 Å². The third-order valence-electron chi connectivity index (χ3n) is 2.18. The number of quaternary nitrogens is 1. The van der Waals surface area contributed by atoms with Crippen molar-refractivity contribution in [2.24, 2.45) is 7.05 Å². The van der Waals surface area contributed by atoms with Crippen molar-refractivity contribution in [1.29, 1.82) is 0 Å². The zero-order chi connectivity index (χ0) is 11.4. The van der Waals surface area contributed by atoms with Crippen LogP contribution < -0.4 is 10.8 Å². The fourth-order valence-corrected chi connectivity index (χ4v) is 1.31. The maximum absolute atomic E-state index is 11.7. The van der Waals surface area contributed by atoms with Crippen molar-refractivity contribution in [3.8, 4) is 0 Å². The van der Waals surface area contributed by atoms with Crippen LogP contribution in [-0.4, -0.2) is 22.4 Å². The molecule has 1 atom stereocenters. The number of aromatic nitrogens is 1. The molecule has 0 aliphatic carbocycles. The number of carboxylic acids is 1. The predicted octanol–water partition coefficient (Wildman–Crippen LogP) is -1.65. The molecule has 0 unspecified atom stereocenters. The normalized spacial score (nSPS) is 12.4. The highest BCUT2D eigenvalue weighted by molar-refractivity contribution is 5.99. The Kier molecular flexibility index (Phi) is 3.62. The molecule has 1 rings (SSSR count). The summed E-state index contributed by atoms with van der Waals surface area (Å²) in [4.78, 5) is 21.9. The van der Waals surface area contributed by atoms with Gasteiger partial charge in [0.2, 0.25) is 5.78 Å². The van der Waals surface area contributed by atoms with Crippen LogP contribution in [0.15, 0.2) is 18.5 Å². The predicted molar refractivity (Wildman–Crippen MR) is 50.7 cm³/mol. The van der Waals surface area contributed by atoms with Gasteiger partial charge in [-0.1, -0.05) is 0 Å². The number of carbonyl (C=O) groups excluding carboxylic acids is 2. The summed E-state index contributed by atoms with van der Waals surface area (Å²) in [6.07, 6.45) is 3.54. The van der Waals surface area contributed by atoms with E-state index in [0.717, 1.165) is 0 Å². The minimum atomic E-state index is -1.15. The second kappa shape index (κ2) is 4.75. The molecule has 1 heterocycles. The van der Waals surface area contributed by atoms with E-state index in [1.54, 1.807) is 23.0 Å². The Morgan fingerprint density at radius 2 is 2.27 bits per heavy atom. The lowest BCUT2D eigenvalue weighted by Crippen LogP contribution is -2.65. The van der Waals surface area contributed by atoms with Gasteiger partial charge in [-0.05, 0) is 12.5 Å². The lowest BCUT2D eigenvalue weighted by molar-refractivity contribution is -0.401. The molecule has 0 bridgehead atoms. The highest BCUT2D eigenvalue weighted by atomic mass is 16.4. The molecule has 0 aliphatic heterocycles. The Labute approximate surface area is 87.5 Å². The summed E-state index contributed by atoms with van der Waals surface area (Å²) in [5, 5.41) is 10.2. The third kappa shape index (κ3) is 3.21. The van der Waals surface area contributed by atoms with E-state index in [-0.39, 0.29) is 18.6 Å². The van der Waals surface area contributed by atoms with E-state index in [9.17, 15) is 14.7 Å². The first-order valence-corrected chi connectivity index (χ1v) is 4.70. The second-order valence-electron chi connectivity index (χ2n) is 3.54. The van der Waals surface area contributed by atoms with Gasteiger partial charge in [-0.15, -0.1) is 0 Å². The maximum Gasteiger partial charge on any atom is 0.221 e. The molecular weight excluding hydrogens is 196 g/mol. The molecule has 5 heteroatoms. The summed E-state index contributed by atoms with van der Waals surface area (Å²) >= 11 is 0. The lowest BCUT2D eigenvalue weighted by Gasteiger charge is -2.06. The van der Waals surface area contributed by atoms with Crippen LogP contribution in [0.3, 0.4) is 0 Å². The maximum atomic E-state index is 11.7. The number of rotatable bonds is 5. The third-order valence-corrected chi connectivity index (χ3v) is 2.18. The van der Waals surface area contributed by atoms with Gasteiger partial charge in [-0.3, -0.25) is 4.79 Å².